The maximum Gasteiger partial charge on any atom is 0.417 e. The van der Waals surface area contributed by atoms with Crippen LogP contribution in [0.25, 0.3) is 0 Å². The topological polar surface area (TPSA) is 73.7 Å². The molecule has 1 aromatic heterocycles. The Morgan fingerprint density at radius 2 is 1.69 bits per heavy atom. The van der Waals surface area contributed by atoms with E-state index in [9.17, 15) is 22.8 Å². The van der Waals surface area contributed by atoms with E-state index in [0.717, 1.165) is 21.6 Å². The first-order valence-electron chi connectivity index (χ1n) is 10.7. The smallest absolute Gasteiger partial charge is 0.417 e. The van der Waals surface area contributed by atoms with E-state index in [-0.39, 0.29) is 25.1 Å². The van der Waals surface area contributed by atoms with Crippen molar-refractivity contribution >= 4 is 28.3 Å². The quantitative estimate of drug-likeness (QED) is 0.546. The molecular formula is C25H20F3N3O3S. The monoisotopic (exact) mass is 499 g/mol. The molecule has 0 bridgehead atoms. The van der Waals surface area contributed by atoms with E-state index in [0.29, 0.717) is 18.7 Å². The third kappa shape index (κ3) is 6.00. The predicted molar refractivity (Wildman–Crippen MR) is 125 cm³/mol. The van der Waals surface area contributed by atoms with Crippen molar-refractivity contribution in [2.24, 2.45) is 0 Å². The molecule has 10 heteroatoms. The molecule has 35 heavy (non-hydrogen) atoms. The molecule has 3 aromatic rings. The Balaban J connectivity index is 1.37. The average molecular weight is 500 g/mol. The number of hydrogen-bond acceptors (Lipinski definition) is 5. The number of rotatable bonds is 4. The van der Waals surface area contributed by atoms with Crippen LogP contribution in [-0.2, 0) is 17.4 Å². The Bertz CT molecular complexity index is 1280. The molecule has 180 valence electrons. The highest BCUT2D eigenvalue weighted by Crippen LogP contribution is 2.32. The van der Waals surface area contributed by atoms with Crippen molar-refractivity contribution in [3.05, 3.63) is 81.9 Å². The number of piperazine rings is 1. The summed E-state index contributed by atoms with van der Waals surface area (Å²) in [4.78, 5) is 32.1. The lowest BCUT2D eigenvalue weighted by atomic mass is 10.1. The highest BCUT2D eigenvalue weighted by atomic mass is 32.1. The van der Waals surface area contributed by atoms with Crippen molar-refractivity contribution in [2.75, 3.05) is 31.1 Å². The van der Waals surface area contributed by atoms with Gasteiger partial charge < -0.3 is 14.9 Å². The van der Waals surface area contributed by atoms with Crippen LogP contribution in [0.5, 0.6) is 0 Å². The zero-order chi connectivity index (χ0) is 25.0. The number of aliphatic carboxylic acids is 1. The van der Waals surface area contributed by atoms with Crippen LogP contribution in [0.2, 0.25) is 0 Å². The minimum Gasteiger partial charge on any atom is -0.481 e. The summed E-state index contributed by atoms with van der Waals surface area (Å²) < 4.78 is 39.8. The van der Waals surface area contributed by atoms with Gasteiger partial charge in [0.05, 0.1) is 28.6 Å². The number of carboxylic acids is 1. The highest BCUT2D eigenvalue weighted by molar-refractivity contribution is 7.16. The molecule has 1 N–H and O–H groups in total. The Hall–Kier alpha value is -3.84. The number of carbonyl (C=O) groups excluding carboxylic acids is 1. The second-order valence-electron chi connectivity index (χ2n) is 7.85. The molecule has 0 atom stereocenters. The van der Waals surface area contributed by atoms with Gasteiger partial charge in [-0.15, -0.1) is 0 Å². The van der Waals surface area contributed by atoms with Gasteiger partial charge >= 0.3 is 12.1 Å². The minimum atomic E-state index is -4.59. The van der Waals surface area contributed by atoms with E-state index < -0.39 is 23.6 Å². The molecule has 0 saturated carbocycles. The first-order valence-corrected chi connectivity index (χ1v) is 11.5. The highest BCUT2D eigenvalue weighted by Gasteiger charge is 2.36. The Morgan fingerprint density at radius 1 is 1.00 bits per heavy atom. The second kappa shape index (κ2) is 10.2. The maximum atomic E-state index is 13.3. The summed E-state index contributed by atoms with van der Waals surface area (Å²) in [7, 11) is 0. The lowest BCUT2D eigenvalue weighted by Gasteiger charge is -2.35. The van der Waals surface area contributed by atoms with Gasteiger partial charge in [-0.1, -0.05) is 41.5 Å². The summed E-state index contributed by atoms with van der Waals surface area (Å²) in [6, 6.07) is 11.8. The number of carbonyl (C=O) groups is 2. The second-order valence-corrected chi connectivity index (χ2v) is 8.86. The standard InChI is InChI=1S/C25H20F3N3O3S/c26-25(27,28)21-4-2-1-3-20(21)23(34)30-11-13-31(14-12-30)24-29-16-19(35-24)10-9-17-5-7-18(8-6-17)15-22(32)33/h1-8,16H,11-15H2,(H,32,33). The fourth-order valence-corrected chi connectivity index (χ4v) is 4.49. The van der Waals surface area contributed by atoms with Gasteiger partial charge in [0.25, 0.3) is 5.91 Å². The predicted octanol–water partition coefficient (Wildman–Crippen LogP) is 4.15. The van der Waals surface area contributed by atoms with E-state index >= 15 is 0 Å². The number of hydrogen-bond donors (Lipinski definition) is 1. The SMILES string of the molecule is O=C(O)Cc1ccc(C#Cc2cnc(N3CCN(C(=O)c4ccccc4C(F)(F)F)CC3)s2)cc1. The van der Waals surface area contributed by atoms with Crippen LogP contribution in [0.15, 0.2) is 54.7 Å². The number of amides is 1. The molecule has 0 aliphatic carbocycles. The lowest BCUT2D eigenvalue weighted by molar-refractivity contribution is -0.138. The summed E-state index contributed by atoms with van der Waals surface area (Å²) in [5.74, 6) is 4.55. The van der Waals surface area contributed by atoms with E-state index in [4.69, 9.17) is 5.11 Å². The fraction of sp³-hybridized carbons (Fsp3) is 0.240. The molecule has 0 spiro atoms. The number of benzene rings is 2. The van der Waals surface area contributed by atoms with E-state index in [1.807, 2.05) is 4.90 Å². The summed E-state index contributed by atoms with van der Waals surface area (Å²) in [5, 5.41) is 9.56. The maximum absolute atomic E-state index is 13.3. The van der Waals surface area contributed by atoms with Crippen LogP contribution in [-0.4, -0.2) is 53.0 Å². The number of nitrogens with zero attached hydrogens (tertiary/aromatic N) is 3. The lowest BCUT2D eigenvalue weighted by Crippen LogP contribution is -2.49. The van der Waals surface area contributed by atoms with Gasteiger partial charge in [0.1, 0.15) is 0 Å². The number of anilines is 1. The van der Waals surface area contributed by atoms with Crippen molar-refractivity contribution < 1.29 is 27.9 Å². The summed E-state index contributed by atoms with van der Waals surface area (Å²) >= 11 is 1.39. The van der Waals surface area contributed by atoms with E-state index in [1.165, 1.54) is 34.4 Å². The zero-order valence-electron chi connectivity index (χ0n) is 18.4. The van der Waals surface area contributed by atoms with Gasteiger partial charge in [0, 0.05) is 31.7 Å². The molecular weight excluding hydrogens is 479 g/mol. The van der Waals surface area contributed by atoms with Crippen LogP contribution in [0, 0.1) is 11.8 Å². The fourth-order valence-electron chi connectivity index (χ4n) is 3.67. The first kappa shape index (κ1) is 24.3. The van der Waals surface area contributed by atoms with Gasteiger partial charge in [0.15, 0.2) is 5.13 Å². The van der Waals surface area contributed by atoms with Crippen molar-refractivity contribution in [2.45, 2.75) is 12.6 Å². The largest absolute Gasteiger partial charge is 0.481 e. The van der Waals surface area contributed by atoms with Gasteiger partial charge in [0.2, 0.25) is 0 Å². The molecule has 4 rings (SSSR count). The first-order chi connectivity index (χ1) is 16.7. The molecule has 6 nitrogen and oxygen atoms in total. The normalized spacial score (nSPS) is 13.8. The van der Waals surface area contributed by atoms with Crippen molar-refractivity contribution in [1.82, 2.24) is 9.88 Å². The number of aromatic nitrogens is 1. The van der Waals surface area contributed by atoms with Crippen LogP contribution in [0.3, 0.4) is 0 Å². The van der Waals surface area contributed by atoms with Crippen LogP contribution >= 0.6 is 11.3 Å². The third-order valence-electron chi connectivity index (χ3n) is 5.43. The van der Waals surface area contributed by atoms with Gasteiger partial charge in [-0.05, 0) is 35.7 Å². The molecule has 1 amide bonds. The summed E-state index contributed by atoms with van der Waals surface area (Å²) in [6.45, 7) is 1.47. The van der Waals surface area contributed by atoms with Gasteiger partial charge in [-0.2, -0.15) is 13.2 Å². The molecule has 2 aromatic carbocycles. The zero-order valence-corrected chi connectivity index (χ0v) is 19.2. The molecule has 1 saturated heterocycles. The molecule has 1 aliphatic heterocycles. The van der Waals surface area contributed by atoms with Gasteiger partial charge in [-0.25, -0.2) is 4.98 Å². The van der Waals surface area contributed by atoms with Gasteiger partial charge in [-0.3, -0.25) is 9.59 Å². The van der Waals surface area contributed by atoms with Crippen LogP contribution in [0.4, 0.5) is 18.3 Å². The molecule has 1 aliphatic rings. The minimum absolute atomic E-state index is 0.0420. The molecule has 1 fully saturated rings. The number of carboxylic acid groups (broad SMARTS) is 1. The Labute approximate surface area is 203 Å². The molecule has 0 radical (unpaired) electrons. The third-order valence-corrected chi connectivity index (χ3v) is 6.41. The van der Waals surface area contributed by atoms with Crippen LogP contribution < -0.4 is 4.90 Å². The van der Waals surface area contributed by atoms with Crippen molar-refractivity contribution in [1.29, 1.82) is 0 Å². The van der Waals surface area contributed by atoms with Crippen LogP contribution in [0.1, 0.15) is 31.9 Å². The summed E-state index contributed by atoms with van der Waals surface area (Å²) in [5.41, 5.74) is 0.186. The van der Waals surface area contributed by atoms with E-state index in [1.54, 1.807) is 30.5 Å². The molecule has 0 unspecified atom stereocenters. The summed E-state index contributed by atoms with van der Waals surface area (Å²) in [6.07, 6.45) is -2.98. The number of thiazole rings is 1. The number of alkyl halides is 3. The van der Waals surface area contributed by atoms with Crippen molar-refractivity contribution in [3.8, 4) is 11.8 Å². The number of halogens is 3. The van der Waals surface area contributed by atoms with E-state index in [2.05, 4.69) is 16.8 Å². The van der Waals surface area contributed by atoms with Crippen molar-refractivity contribution in [3.63, 3.8) is 0 Å². The Morgan fingerprint density at radius 3 is 2.34 bits per heavy atom. The Kier molecular flexibility index (Phi) is 7.07. The molecule has 2 heterocycles. The average Bonchev–Trinajstić information content (AvgIpc) is 3.31.